The first-order valence-corrected chi connectivity index (χ1v) is 6.93. The topological polar surface area (TPSA) is 110 Å². The summed E-state index contributed by atoms with van der Waals surface area (Å²) in [7, 11) is 0. The van der Waals surface area contributed by atoms with Gasteiger partial charge in [-0.25, -0.2) is 0 Å². The molecule has 6 nitrogen and oxygen atoms in total. The van der Waals surface area contributed by atoms with Crippen molar-refractivity contribution >= 4 is 11.4 Å². The smallest absolute Gasteiger partial charge is 0.269 e. The second kappa shape index (κ2) is 7.02. The average molecular weight is 302 g/mol. The van der Waals surface area contributed by atoms with E-state index in [0.29, 0.717) is 24.1 Å². The van der Waals surface area contributed by atoms with Crippen LogP contribution in [0.25, 0.3) is 0 Å². The number of aliphatic hydroxyl groups excluding tert-OH is 2. The number of nitrogen functional groups attached to an aromatic ring is 1. The van der Waals surface area contributed by atoms with Crippen LogP contribution in [0.15, 0.2) is 48.5 Å². The van der Waals surface area contributed by atoms with Gasteiger partial charge in [-0.15, -0.1) is 0 Å². The monoisotopic (exact) mass is 302 g/mol. The quantitative estimate of drug-likeness (QED) is 0.432. The van der Waals surface area contributed by atoms with Crippen LogP contribution in [-0.4, -0.2) is 15.1 Å². The minimum absolute atomic E-state index is 0.0159. The number of rotatable bonds is 6. The summed E-state index contributed by atoms with van der Waals surface area (Å²) in [5.74, 6) is 0. The van der Waals surface area contributed by atoms with E-state index in [9.17, 15) is 20.3 Å². The van der Waals surface area contributed by atoms with Gasteiger partial charge >= 0.3 is 0 Å². The number of aliphatic hydroxyl groups is 2. The summed E-state index contributed by atoms with van der Waals surface area (Å²) >= 11 is 0. The van der Waals surface area contributed by atoms with Crippen LogP contribution in [-0.2, 0) is 0 Å². The van der Waals surface area contributed by atoms with Crippen molar-refractivity contribution in [3.05, 3.63) is 69.8 Å². The van der Waals surface area contributed by atoms with Gasteiger partial charge in [0.1, 0.15) is 0 Å². The van der Waals surface area contributed by atoms with Gasteiger partial charge in [0.15, 0.2) is 0 Å². The molecule has 0 fully saturated rings. The molecule has 0 aromatic heterocycles. The van der Waals surface area contributed by atoms with Crippen molar-refractivity contribution in [3.8, 4) is 0 Å². The van der Waals surface area contributed by atoms with Gasteiger partial charge in [-0.05, 0) is 48.2 Å². The molecule has 2 aromatic rings. The predicted octanol–water partition coefficient (Wildman–Crippen LogP) is 2.72. The molecule has 22 heavy (non-hydrogen) atoms. The lowest BCUT2D eigenvalue weighted by molar-refractivity contribution is -0.384. The zero-order valence-electron chi connectivity index (χ0n) is 11.9. The van der Waals surface area contributed by atoms with E-state index in [1.54, 1.807) is 24.3 Å². The van der Waals surface area contributed by atoms with E-state index in [1.807, 2.05) is 0 Å². The number of nitrogens with two attached hydrogens (primary N) is 1. The minimum Gasteiger partial charge on any atom is -0.399 e. The molecule has 2 rings (SSSR count). The van der Waals surface area contributed by atoms with Crippen LogP contribution < -0.4 is 5.73 Å². The van der Waals surface area contributed by atoms with Crippen molar-refractivity contribution in [3.63, 3.8) is 0 Å². The number of anilines is 1. The Kier molecular flexibility index (Phi) is 5.08. The SMILES string of the molecule is Nc1ccc(C(O)CCC(O)c2ccc([N+](=O)[O-])cc2)cc1. The number of non-ortho nitro benzene ring substituents is 1. The molecule has 0 spiro atoms. The van der Waals surface area contributed by atoms with Crippen molar-refractivity contribution in [1.29, 1.82) is 0 Å². The number of nitro groups is 1. The molecule has 2 atom stereocenters. The van der Waals surface area contributed by atoms with Crippen LogP contribution in [0, 0.1) is 10.1 Å². The van der Waals surface area contributed by atoms with Gasteiger partial charge in [0.05, 0.1) is 17.1 Å². The standard InChI is InChI=1S/C16H18N2O4/c17-13-5-1-11(2-6-13)15(19)9-10-16(20)12-3-7-14(8-4-12)18(21)22/h1-8,15-16,19-20H,9-10,17H2. The van der Waals surface area contributed by atoms with Crippen molar-refractivity contribution < 1.29 is 15.1 Å². The van der Waals surface area contributed by atoms with Crippen LogP contribution in [0.1, 0.15) is 36.2 Å². The second-order valence-corrected chi connectivity index (χ2v) is 5.12. The Labute approximate surface area is 128 Å². The summed E-state index contributed by atoms with van der Waals surface area (Å²) < 4.78 is 0. The fraction of sp³-hybridized carbons (Fsp3) is 0.250. The zero-order valence-corrected chi connectivity index (χ0v) is 11.9. The molecule has 0 aliphatic rings. The molecule has 4 N–H and O–H groups in total. The Morgan fingerprint density at radius 1 is 0.909 bits per heavy atom. The maximum atomic E-state index is 10.6. The Morgan fingerprint density at radius 3 is 1.73 bits per heavy atom. The van der Waals surface area contributed by atoms with E-state index < -0.39 is 17.1 Å². The molecule has 2 unspecified atom stereocenters. The number of benzene rings is 2. The third-order valence-corrected chi connectivity index (χ3v) is 3.52. The number of nitrogens with zero attached hydrogens (tertiary/aromatic N) is 1. The van der Waals surface area contributed by atoms with Gasteiger partial charge in [0.2, 0.25) is 0 Å². The highest BCUT2D eigenvalue weighted by atomic mass is 16.6. The van der Waals surface area contributed by atoms with E-state index in [2.05, 4.69) is 0 Å². The first-order valence-electron chi connectivity index (χ1n) is 6.93. The molecule has 2 aromatic carbocycles. The minimum atomic E-state index is -0.774. The average Bonchev–Trinajstić information content (AvgIpc) is 2.53. The fourth-order valence-electron chi connectivity index (χ4n) is 2.19. The Hall–Kier alpha value is -2.44. The highest BCUT2D eigenvalue weighted by molar-refractivity contribution is 5.39. The van der Waals surface area contributed by atoms with Gasteiger partial charge in [-0.1, -0.05) is 12.1 Å². The van der Waals surface area contributed by atoms with Crippen LogP contribution in [0.4, 0.5) is 11.4 Å². The summed E-state index contributed by atoms with van der Waals surface area (Å²) in [4.78, 5) is 10.1. The number of nitro benzene ring substituents is 1. The Balaban J connectivity index is 1.92. The lowest BCUT2D eigenvalue weighted by Gasteiger charge is -2.15. The van der Waals surface area contributed by atoms with Crippen molar-refractivity contribution in [2.24, 2.45) is 0 Å². The second-order valence-electron chi connectivity index (χ2n) is 5.12. The molecule has 0 saturated carbocycles. The summed E-state index contributed by atoms with van der Waals surface area (Å²) in [6.07, 6.45) is -0.733. The number of hydrogen-bond donors (Lipinski definition) is 3. The van der Waals surface area contributed by atoms with E-state index in [4.69, 9.17) is 5.73 Å². The van der Waals surface area contributed by atoms with Gasteiger partial charge in [-0.3, -0.25) is 10.1 Å². The molecule has 0 heterocycles. The fourth-order valence-corrected chi connectivity index (χ4v) is 2.19. The summed E-state index contributed by atoms with van der Waals surface area (Å²) in [5.41, 5.74) is 7.53. The van der Waals surface area contributed by atoms with Gasteiger partial charge in [0, 0.05) is 17.8 Å². The largest absolute Gasteiger partial charge is 0.399 e. The molecular formula is C16H18N2O4. The van der Waals surface area contributed by atoms with Crippen molar-refractivity contribution in [2.75, 3.05) is 5.73 Å². The maximum absolute atomic E-state index is 10.6. The first-order chi connectivity index (χ1) is 10.5. The summed E-state index contributed by atoms with van der Waals surface area (Å²) in [6.45, 7) is 0. The van der Waals surface area contributed by atoms with Gasteiger partial charge in [0.25, 0.3) is 5.69 Å². The number of hydrogen-bond acceptors (Lipinski definition) is 5. The molecule has 0 bridgehead atoms. The van der Waals surface area contributed by atoms with Crippen LogP contribution in [0.5, 0.6) is 0 Å². The predicted molar refractivity (Wildman–Crippen MR) is 83.1 cm³/mol. The van der Waals surface area contributed by atoms with E-state index in [0.717, 1.165) is 5.56 Å². The Bertz CT molecular complexity index is 626. The lowest BCUT2D eigenvalue weighted by Crippen LogP contribution is -2.03. The molecule has 116 valence electrons. The van der Waals surface area contributed by atoms with E-state index >= 15 is 0 Å². The molecule has 0 aliphatic heterocycles. The molecular weight excluding hydrogens is 284 g/mol. The molecule has 0 radical (unpaired) electrons. The third kappa shape index (κ3) is 4.03. The molecule has 0 saturated heterocycles. The van der Waals surface area contributed by atoms with Crippen LogP contribution in [0.3, 0.4) is 0 Å². The van der Waals surface area contributed by atoms with Crippen LogP contribution in [0.2, 0.25) is 0 Å². The van der Waals surface area contributed by atoms with Crippen molar-refractivity contribution in [2.45, 2.75) is 25.0 Å². The summed E-state index contributed by atoms with van der Waals surface area (Å²) in [5, 5.41) is 30.8. The third-order valence-electron chi connectivity index (χ3n) is 3.52. The molecule has 0 aliphatic carbocycles. The van der Waals surface area contributed by atoms with Gasteiger partial charge < -0.3 is 15.9 Å². The van der Waals surface area contributed by atoms with E-state index in [1.165, 1.54) is 24.3 Å². The normalized spacial score (nSPS) is 13.5. The van der Waals surface area contributed by atoms with Crippen molar-refractivity contribution in [1.82, 2.24) is 0 Å². The maximum Gasteiger partial charge on any atom is 0.269 e. The molecule has 6 heteroatoms. The Morgan fingerprint density at radius 2 is 1.32 bits per heavy atom. The highest BCUT2D eigenvalue weighted by Crippen LogP contribution is 2.26. The highest BCUT2D eigenvalue weighted by Gasteiger charge is 2.14. The molecule has 0 amide bonds. The van der Waals surface area contributed by atoms with E-state index in [-0.39, 0.29) is 5.69 Å². The lowest BCUT2D eigenvalue weighted by atomic mass is 9.99. The van der Waals surface area contributed by atoms with Gasteiger partial charge in [-0.2, -0.15) is 0 Å². The summed E-state index contributed by atoms with van der Waals surface area (Å²) in [6, 6.07) is 12.7. The zero-order chi connectivity index (χ0) is 16.1. The first kappa shape index (κ1) is 15.9. The van der Waals surface area contributed by atoms with Crippen LogP contribution >= 0.6 is 0 Å².